The largest absolute Gasteiger partial charge is 0.361 e. The molecule has 2 N–H and O–H groups in total. The molecular weight excluding hydrogens is 218 g/mol. The summed E-state index contributed by atoms with van der Waals surface area (Å²) in [5, 5.41) is 7.51. The van der Waals surface area contributed by atoms with Crippen molar-refractivity contribution in [3.63, 3.8) is 0 Å². The fourth-order valence-corrected chi connectivity index (χ4v) is 2.76. The van der Waals surface area contributed by atoms with Crippen LogP contribution in [0.3, 0.4) is 0 Å². The van der Waals surface area contributed by atoms with E-state index in [2.05, 4.69) is 43.5 Å². The van der Waals surface area contributed by atoms with Gasteiger partial charge >= 0.3 is 0 Å². The van der Waals surface area contributed by atoms with Crippen molar-refractivity contribution < 1.29 is 0 Å². The topological polar surface area (TPSA) is 27.3 Å². The average Bonchev–Trinajstić information content (AvgIpc) is 2.16. The highest BCUT2D eigenvalue weighted by atomic mass is 32.1. The van der Waals surface area contributed by atoms with Crippen molar-refractivity contribution in [3.05, 3.63) is 0 Å². The Labute approximate surface area is 105 Å². The molecule has 1 rings (SSSR count). The van der Waals surface area contributed by atoms with Gasteiger partial charge in [-0.25, -0.2) is 0 Å². The Bertz CT molecular complexity index is 228. The van der Waals surface area contributed by atoms with Crippen LogP contribution in [0, 0.1) is 0 Å². The molecule has 0 bridgehead atoms. The molecule has 0 radical (unpaired) electrons. The monoisotopic (exact) mass is 243 g/mol. The Balaban J connectivity index is 2.46. The van der Waals surface area contributed by atoms with Gasteiger partial charge in [0.25, 0.3) is 0 Å². The number of nitrogens with one attached hydrogen (secondary N) is 2. The summed E-state index contributed by atoms with van der Waals surface area (Å²) in [5.74, 6) is 0. The first-order chi connectivity index (χ1) is 7.50. The molecule has 4 heteroatoms. The summed E-state index contributed by atoms with van der Waals surface area (Å²) in [6.07, 6.45) is 5.15. The lowest BCUT2D eigenvalue weighted by molar-refractivity contribution is 0.189. The van der Waals surface area contributed by atoms with Crippen LogP contribution >= 0.6 is 12.2 Å². The third-order valence-corrected chi connectivity index (χ3v) is 3.36. The first kappa shape index (κ1) is 13.7. The van der Waals surface area contributed by atoms with Gasteiger partial charge in [-0.2, -0.15) is 0 Å². The number of hydrogen-bond acceptors (Lipinski definition) is 2. The summed E-state index contributed by atoms with van der Waals surface area (Å²) in [6.45, 7) is 4.22. The van der Waals surface area contributed by atoms with Gasteiger partial charge in [-0.05, 0) is 53.0 Å². The van der Waals surface area contributed by atoms with E-state index in [-0.39, 0.29) is 0 Å². The highest BCUT2D eigenvalue weighted by Crippen LogP contribution is 2.21. The highest BCUT2D eigenvalue weighted by molar-refractivity contribution is 7.80. The molecule has 1 fully saturated rings. The fourth-order valence-electron chi connectivity index (χ4n) is 2.37. The van der Waals surface area contributed by atoms with Gasteiger partial charge in [0.1, 0.15) is 0 Å². The fraction of sp³-hybridized carbons (Fsp3) is 0.917. The summed E-state index contributed by atoms with van der Waals surface area (Å²) >= 11 is 5.31. The molecule has 0 aromatic carbocycles. The molecule has 1 aliphatic carbocycles. The Morgan fingerprint density at radius 2 is 1.88 bits per heavy atom. The van der Waals surface area contributed by atoms with Gasteiger partial charge in [-0.15, -0.1) is 0 Å². The van der Waals surface area contributed by atoms with Crippen molar-refractivity contribution in [2.75, 3.05) is 14.1 Å². The Morgan fingerprint density at radius 3 is 2.44 bits per heavy atom. The summed E-state index contributed by atoms with van der Waals surface area (Å²) in [7, 11) is 4.31. The van der Waals surface area contributed by atoms with Crippen molar-refractivity contribution in [1.29, 1.82) is 0 Å². The maximum Gasteiger partial charge on any atom is 0.166 e. The minimum absolute atomic E-state index is 0.404. The molecular formula is C12H25N3S. The van der Waals surface area contributed by atoms with Gasteiger partial charge in [0.05, 0.1) is 0 Å². The number of nitrogens with zero attached hydrogens (tertiary/aromatic N) is 1. The van der Waals surface area contributed by atoms with Crippen LogP contribution in [0.15, 0.2) is 0 Å². The van der Waals surface area contributed by atoms with Crippen LogP contribution in [-0.2, 0) is 0 Å². The van der Waals surface area contributed by atoms with E-state index < -0.39 is 0 Å². The second kappa shape index (κ2) is 6.40. The molecule has 1 aliphatic rings. The molecule has 0 heterocycles. The minimum atomic E-state index is 0.404. The lowest BCUT2D eigenvalue weighted by Crippen LogP contribution is -2.54. The summed E-state index contributed by atoms with van der Waals surface area (Å²) < 4.78 is 0. The first-order valence-corrected chi connectivity index (χ1v) is 6.65. The van der Waals surface area contributed by atoms with Crippen molar-refractivity contribution in [3.8, 4) is 0 Å². The van der Waals surface area contributed by atoms with E-state index in [0.29, 0.717) is 18.1 Å². The average molecular weight is 243 g/mol. The lowest BCUT2D eigenvalue weighted by Gasteiger charge is -2.37. The van der Waals surface area contributed by atoms with Gasteiger partial charge in [-0.3, -0.25) is 0 Å². The molecule has 3 nitrogen and oxygen atoms in total. The predicted octanol–water partition coefficient (Wildman–Crippen LogP) is 1.73. The van der Waals surface area contributed by atoms with Crippen LogP contribution in [0.25, 0.3) is 0 Å². The molecule has 0 aromatic heterocycles. The van der Waals surface area contributed by atoms with E-state index in [1.54, 1.807) is 0 Å². The van der Waals surface area contributed by atoms with Gasteiger partial charge in [0, 0.05) is 18.1 Å². The molecule has 0 aliphatic heterocycles. The van der Waals surface area contributed by atoms with Crippen LogP contribution in [0.2, 0.25) is 0 Å². The number of rotatable bonds is 3. The van der Waals surface area contributed by atoms with Crippen molar-refractivity contribution in [1.82, 2.24) is 15.5 Å². The van der Waals surface area contributed by atoms with Gasteiger partial charge in [0.15, 0.2) is 5.11 Å². The van der Waals surface area contributed by atoms with E-state index in [4.69, 9.17) is 12.2 Å². The van der Waals surface area contributed by atoms with Crippen LogP contribution < -0.4 is 10.6 Å². The number of hydrogen-bond donors (Lipinski definition) is 2. The van der Waals surface area contributed by atoms with Gasteiger partial charge in [0.2, 0.25) is 0 Å². The summed E-state index contributed by atoms with van der Waals surface area (Å²) in [6, 6.07) is 1.52. The molecule has 2 unspecified atom stereocenters. The second-order valence-corrected chi connectivity index (χ2v) is 5.60. The number of thiocarbonyl (C=S) groups is 1. The summed E-state index contributed by atoms with van der Waals surface area (Å²) in [4.78, 5) is 2.31. The summed E-state index contributed by atoms with van der Waals surface area (Å²) in [5.41, 5.74) is 0. The van der Waals surface area contributed by atoms with Crippen molar-refractivity contribution in [2.45, 2.75) is 57.7 Å². The Morgan fingerprint density at radius 1 is 1.25 bits per heavy atom. The maximum atomic E-state index is 5.31. The standard InChI is InChI=1S/C12H25N3S/c1-9(2)13-12(16)14-10-7-5-6-8-11(10)15(3)4/h9-11H,5-8H2,1-4H3,(H2,13,14,16). The first-order valence-electron chi connectivity index (χ1n) is 6.24. The maximum absolute atomic E-state index is 5.31. The van der Waals surface area contributed by atoms with Crippen molar-refractivity contribution >= 4 is 17.3 Å². The highest BCUT2D eigenvalue weighted by Gasteiger charge is 2.26. The molecule has 0 saturated heterocycles. The predicted molar refractivity (Wildman–Crippen MR) is 73.7 cm³/mol. The third kappa shape index (κ3) is 4.26. The molecule has 0 amide bonds. The normalized spacial score (nSPS) is 25.9. The zero-order valence-electron chi connectivity index (χ0n) is 10.9. The second-order valence-electron chi connectivity index (χ2n) is 5.19. The molecule has 0 aromatic rings. The SMILES string of the molecule is CC(C)NC(=S)NC1CCCCC1N(C)C. The zero-order valence-corrected chi connectivity index (χ0v) is 11.7. The smallest absolute Gasteiger partial charge is 0.166 e. The van der Waals surface area contributed by atoms with Crippen LogP contribution in [0.5, 0.6) is 0 Å². The quantitative estimate of drug-likeness (QED) is 0.738. The minimum Gasteiger partial charge on any atom is -0.361 e. The molecule has 2 atom stereocenters. The van der Waals surface area contributed by atoms with Gasteiger partial charge < -0.3 is 15.5 Å². The zero-order chi connectivity index (χ0) is 12.1. The van der Waals surface area contributed by atoms with Gasteiger partial charge in [-0.1, -0.05) is 12.8 Å². The van der Waals surface area contributed by atoms with E-state index in [1.165, 1.54) is 25.7 Å². The Hall–Kier alpha value is -0.350. The van der Waals surface area contributed by atoms with Crippen LogP contribution in [0.1, 0.15) is 39.5 Å². The van der Waals surface area contributed by atoms with Crippen molar-refractivity contribution in [2.24, 2.45) is 0 Å². The molecule has 94 valence electrons. The molecule has 0 spiro atoms. The van der Waals surface area contributed by atoms with Crippen LogP contribution in [-0.4, -0.2) is 42.2 Å². The van der Waals surface area contributed by atoms with E-state index in [0.717, 1.165) is 5.11 Å². The third-order valence-electron chi connectivity index (χ3n) is 3.13. The Kier molecular flexibility index (Phi) is 5.49. The lowest BCUT2D eigenvalue weighted by atomic mass is 9.90. The molecule has 1 saturated carbocycles. The number of likely N-dealkylation sites (N-methyl/N-ethyl adjacent to an activating group) is 1. The van der Waals surface area contributed by atoms with Crippen LogP contribution in [0.4, 0.5) is 0 Å². The van der Waals surface area contributed by atoms with E-state index in [9.17, 15) is 0 Å². The molecule has 16 heavy (non-hydrogen) atoms. The van der Waals surface area contributed by atoms with E-state index >= 15 is 0 Å². The van der Waals surface area contributed by atoms with E-state index in [1.807, 2.05) is 0 Å².